The fourth-order valence-electron chi connectivity index (χ4n) is 4.13. The number of nitrogens with one attached hydrogen (secondary N) is 1. The summed E-state index contributed by atoms with van der Waals surface area (Å²) in [5.74, 6) is -0.662. The molecule has 3 aromatic heterocycles. The quantitative estimate of drug-likeness (QED) is 0.488. The van der Waals surface area contributed by atoms with Gasteiger partial charge in [0.25, 0.3) is 5.91 Å². The highest BCUT2D eigenvalue weighted by atomic mass is 19.1. The Kier molecular flexibility index (Phi) is 5.65. The molecule has 0 bridgehead atoms. The number of rotatable bonds is 5. The number of hydrogen-bond acceptors (Lipinski definition) is 5. The topological polar surface area (TPSA) is 93.7 Å². The van der Waals surface area contributed by atoms with Gasteiger partial charge in [-0.1, -0.05) is 12.1 Å². The van der Waals surface area contributed by atoms with Crippen LogP contribution in [0.4, 0.5) is 4.39 Å². The number of aromatic nitrogens is 4. The van der Waals surface area contributed by atoms with Gasteiger partial charge >= 0.3 is 0 Å². The monoisotopic (exact) mass is 449 g/mol. The average Bonchev–Trinajstić information content (AvgIpc) is 3.45. The zero-order chi connectivity index (χ0) is 22.9. The first-order chi connectivity index (χ1) is 16.0. The van der Waals surface area contributed by atoms with Gasteiger partial charge in [-0.15, -0.1) is 0 Å². The third-order valence-corrected chi connectivity index (χ3v) is 5.89. The maximum absolute atomic E-state index is 14.9. The Morgan fingerprint density at radius 2 is 2.18 bits per heavy atom. The molecule has 4 heterocycles. The van der Waals surface area contributed by atoms with Gasteiger partial charge < -0.3 is 19.6 Å². The van der Waals surface area contributed by atoms with E-state index >= 15 is 0 Å². The van der Waals surface area contributed by atoms with Crippen molar-refractivity contribution in [3.63, 3.8) is 0 Å². The minimum absolute atomic E-state index is 0.192. The summed E-state index contributed by atoms with van der Waals surface area (Å²) in [7, 11) is 1.82. The van der Waals surface area contributed by atoms with E-state index in [9.17, 15) is 14.3 Å². The smallest absolute Gasteiger partial charge is 0.255 e. The number of aliphatic hydroxyl groups excluding tert-OH is 1. The molecule has 8 nitrogen and oxygen atoms in total. The highest BCUT2D eigenvalue weighted by Gasteiger charge is 2.26. The van der Waals surface area contributed by atoms with Crippen LogP contribution in [-0.4, -0.2) is 55.5 Å². The van der Waals surface area contributed by atoms with Crippen LogP contribution in [0.3, 0.4) is 0 Å². The van der Waals surface area contributed by atoms with Gasteiger partial charge in [0.05, 0.1) is 30.0 Å². The number of imidazole rings is 1. The van der Waals surface area contributed by atoms with E-state index in [0.29, 0.717) is 47.5 Å². The molecule has 170 valence electrons. The van der Waals surface area contributed by atoms with Gasteiger partial charge in [-0.2, -0.15) is 5.10 Å². The van der Waals surface area contributed by atoms with Crippen molar-refractivity contribution in [2.75, 3.05) is 13.2 Å². The summed E-state index contributed by atoms with van der Waals surface area (Å²) >= 11 is 0. The molecule has 2 atom stereocenters. The number of halogens is 1. The minimum atomic E-state index is -0.756. The maximum atomic E-state index is 14.9. The molecule has 33 heavy (non-hydrogen) atoms. The number of hydrogen-bond donors (Lipinski definition) is 2. The Morgan fingerprint density at radius 1 is 1.30 bits per heavy atom. The molecule has 1 aliphatic heterocycles. The van der Waals surface area contributed by atoms with Crippen molar-refractivity contribution < 1.29 is 19.0 Å². The van der Waals surface area contributed by atoms with Gasteiger partial charge in [-0.25, -0.2) is 9.37 Å². The van der Waals surface area contributed by atoms with Crippen molar-refractivity contribution in [1.29, 1.82) is 0 Å². The van der Waals surface area contributed by atoms with Crippen LogP contribution in [0.5, 0.6) is 0 Å². The summed E-state index contributed by atoms with van der Waals surface area (Å²) in [6.45, 7) is 0.673. The highest BCUT2D eigenvalue weighted by Crippen LogP contribution is 2.23. The molecule has 1 fully saturated rings. The molecule has 4 aromatic rings. The first-order valence-corrected chi connectivity index (χ1v) is 10.8. The zero-order valence-corrected chi connectivity index (χ0v) is 18.1. The highest BCUT2D eigenvalue weighted by molar-refractivity contribution is 6.00. The van der Waals surface area contributed by atoms with E-state index in [2.05, 4.69) is 15.4 Å². The molecule has 1 aromatic carbocycles. The molecule has 0 radical (unpaired) electrons. The molecule has 2 N–H and O–H groups in total. The average molecular weight is 449 g/mol. The maximum Gasteiger partial charge on any atom is 0.255 e. The van der Waals surface area contributed by atoms with Crippen LogP contribution in [-0.2, 0) is 18.2 Å². The lowest BCUT2D eigenvalue weighted by atomic mass is 10.0. The molecule has 1 saturated heterocycles. The molecule has 5 rings (SSSR count). The number of carbonyl (C=O) groups is 1. The van der Waals surface area contributed by atoms with Crippen molar-refractivity contribution in [3.8, 4) is 11.3 Å². The van der Waals surface area contributed by atoms with Crippen molar-refractivity contribution in [1.82, 2.24) is 24.5 Å². The van der Waals surface area contributed by atoms with Gasteiger partial charge in [0.1, 0.15) is 11.5 Å². The molecule has 9 heteroatoms. The van der Waals surface area contributed by atoms with Crippen molar-refractivity contribution in [2.45, 2.75) is 25.0 Å². The Hall–Kier alpha value is -3.56. The van der Waals surface area contributed by atoms with Gasteiger partial charge in [0, 0.05) is 50.4 Å². The van der Waals surface area contributed by atoms with Crippen LogP contribution < -0.4 is 5.32 Å². The SMILES string of the molecule is Cn1ccc(-c2ccc(Cc3cc(C(=O)N[C@H]4CCOC[C@@H]4O)c4nccn4c3)c(F)c2)n1. The van der Waals surface area contributed by atoms with Crippen LogP contribution >= 0.6 is 0 Å². The third kappa shape index (κ3) is 4.37. The van der Waals surface area contributed by atoms with E-state index in [1.807, 2.05) is 31.6 Å². The van der Waals surface area contributed by atoms with E-state index < -0.39 is 6.10 Å². The van der Waals surface area contributed by atoms with Crippen LogP contribution in [0.25, 0.3) is 16.9 Å². The number of fused-ring (bicyclic) bond motifs is 1. The predicted octanol–water partition coefficient (Wildman–Crippen LogP) is 2.34. The Bertz CT molecular complexity index is 1310. The molecule has 1 aliphatic rings. The second kappa shape index (κ2) is 8.76. The van der Waals surface area contributed by atoms with Gasteiger partial charge in [0.15, 0.2) is 0 Å². The number of aliphatic hydroxyl groups is 1. The van der Waals surface area contributed by atoms with Gasteiger partial charge in [0.2, 0.25) is 0 Å². The third-order valence-electron chi connectivity index (χ3n) is 5.89. The minimum Gasteiger partial charge on any atom is -0.389 e. The predicted molar refractivity (Wildman–Crippen MR) is 119 cm³/mol. The Morgan fingerprint density at radius 3 is 2.94 bits per heavy atom. The lowest BCUT2D eigenvalue weighted by Crippen LogP contribution is -2.48. The normalized spacial score (nSPS) is 18.5. The fraction of sp³-hybridized carbons (Fsp3) is 0.292. The first kappa shape index (κ1) is 21.3. The number of carbonyl (C=O) groups excluding carboxylic acids is 1. The summed E-state index contributed by atoms with van der Waals surface area (Å²) in [5.41, 5.74) is 3.57. The number of aryl methyl sites for hydroxylation is 1. The summed E-state index contributed by atoms with van der Waals surface area (Å²) in [6.07, 6.45) is 7.10. The van der Waals surface area contributed by atoms with E-state index in [4.69, 9.17) is 4.74 Å². The molecule has 1 amide bonds. The van der Waals surface area contributed by atoms with Crippen LogP contribution in [0, 0.1) is 5.82 Å². The summed E-state index contributed by atoms with van der Waals surface area (Å²) in [5, 5.41) is 17.3. The molecule has 0 saturated carbocycles. The Labute approximate surface area is 189 Å². The van der Waals surface area contributed by atoms with Gasteiger partial charge in [-0.3, -0.25) is 9.48 Å². The Balaban J connectivity index is 1.41. The lowest BCUT2D eigenvalue weighted by molar-refractivity contribution is -0.0260. The fourth-order valence-corrected chi connectivity index (χ4v) is 4.13. The lowest BCUT2D eigenvalue weighted by Gasteiger charge is -2.28. The van der Waals surface area contributed by atoms with Crippen LogP contribution in [0.1, 0.15) is 27.9 Å². The summed E-state index contributed by atoms with van der Waals surface area (Å²) in [6, 6.07) is 8.25. The van der Waals surface area contributed by atoms with Crippen LogP contribution in [0.2, 0.25) is 0 Å². The summed E-state index contributed by atoms with van der Waals surface area (Å²) < 4.78 is 23.6. The van der Waals surface area contributed by atoms with Crippen molar-refractivity contribution >= 4 is 11.6 Å². The van der Waals surface area contributed by atoms with E-state index in [1.165, 1.54) is 6.07 Å². The van der Waals surface area contributed by atoms with Gasteiger partial charge in [-0.05, 0) is 35.7 Å². The van der Waals surface area contributed by atoms with E-state index in [0.717, 1.165) is 5.56 Å². The number of ether oxygens (including phenoxy) is 1. The molecule has 0 spiro atoms. The molecule has 0 unspecified atom stereocenters. The number of nitrogens with zero attached hydrogens (tertiary/aromatic N) is 4. The zero-order valence-electron chi connectivity index (χ0n) is 18.1. The van der Waals surface area contributed by atoms with Crippen molar-refractivity contribution in [3.05, 3.63) is 77.6 Å². The number of benzene rings is 1. The van der Waals surface area contributed by atoms with E-state index in [1.54, 1.807) is 33.6 Å². The van der Waals surface area contributed by atoms with Crippen LogP contribution in [0.15, 0.2) is 55.1 Å². The number of amides is 1. The molecule has 0 aliphatic carbocycles. The van der Waals surface area contributed by atoms with Crippen molar-refractivity contribution in [2.24, 2.45) is 7.05 Å². The van der Waals surface area contributed by atoms with E-state index in [-0.39, 0.29) is 24.4 Å². The number of pyridine rings is 1. The standard InChI is InChI=1S/C24H24FN5O3/c1-29-7-4-20(28-29)17-3-2-16(19(25)12-17)10-15-11-18(23-26-6-8-30(23)13-15)24(32)27-21-5-9-33-14-22(21)31/h2-4,6-8,11-13,21-22,31H,5,9-10,14H2,1H3,(H,27,32)/t21-,22-/m0/s1. The largest absolute Gasteiger partial charge is 0.389 e. The second-order valence-corrected chi connectivity index (χ2v) is 8.29. The molecular weight excluding hydrogens is 425 g/mol. The first-order valence-electron chi connectivity index (χ1n) is 10.8. The summed E-state index contributed by atoms with van der Waals surface area (Å²) in [4.78, 5) is 17.3. The molecular formula is C24H24FN5O3. The second-order valence-electron chi connectivity index (χ2n) is 8.29.